The van der Waals surface area contributed by atoms with E-state index in [-0.39, 0.29) is 0 Å². The second-order valence-electron chi connectivity index (χ2n) is 14.3. The maximum atomic E-state index is 6.59. The lowest BCUT2D eigenvalue weighted by Crippen LogP contribution is -2.28. The Morgan fingerprint density at radius 2 is 0.821 bits per heavy atom. The van der Waals surface area contributed by atoms with Gasteiger partial charge < -0.3 is 4.42 Å². The number of benzene rings is 8. The summed E-state index contributed by atoms with van der Waals surface area (Å²) in [6, 6.07) is 70.5. The monoisotopic (exact) mass is 715 g/mol. The Morgan fingerprint density at radius 1 is 0.339 bits per heavy atom. The number of aromatic nitrogens is 3. The second-order valence-corrected chi connectivity index (χ2v) is 14.3. The van der Waals surface area contributed by atoms with Gasteiger partial charge in [0.1, 0.15) is 11.2 Å². The molecule has 4 nitrogen and oxygen atoms in total. The van der Waals surface area contributed by atoms with Crippen LogP contribution >= 0.6 is 0 Å². The van der Waals surface area contributed by atoms with Gasteiger partial charge in [0.2, 0.25) is 0 Å². The van der Waals surface area contributed by atoms with Crippen molar-refractivity contribution in [2.45, 2.75) is 5.41 Å². The summed E-state index contributed by atoms with van der Waals surface area (Å²) in [6.45, 7) is 0. The predicted octanol–water partition coefficient (Wildman–Crippen LogP) is 12.8. The zero-order valence-electron chi connectivity index (χ0n) is 30.3. The number of hydrogen-bond acceptors (Lipinski definition) is 4. The highest BCUT2D eigenvalue weighted by Gasteiger charge is 2.46. The number of rotatable bonds is 6. The van der Waals surface area contributed by atoms with Crippen LogP contribution in [0.4, 0.5) is 0 Å². The zero-order valence-corrected chi connectivity index (χ0v) is 30.3. The van der Waals surface area contributed by atoms with Crippen molar-refractivity contribution in [2.24, 2.45) is 0 Å². The van der Waals surface area contributed by atoms with Gasteiger partial charge in [0.25, 0.3) is 0 Å². The summed E-state index contributed by atoms with van der Waals surface area (Å²) in [5.74, 6) is 1.92. The van der Waals surface area contributed by atoms with Crippen LogP contribution in [0.25, 0.3) is 78.4 Å². The molecule has 10 aromatic rings. The van der Waals surface area contributed by atoms with Crippen LogP contribution in [-0.4, -0.2) is 15.0 Å². The van der Waals surface area contributed by atoms with Crippen molar-refractivity contribution >= 4 is 21.9 Å². The number of nitrogens with zero attached hydrogens (tertiary/aromatic N) is 3. The SMILES string of the molecule is c1ccc(-c2nc(-c3ccccc3)nc(-c3ccc(-c4cccc5oc6ccc(C7(c8ccccc8)c8ccccc8-c8ccccc87)cc6c45)cc3)n2)cc1. The van der Waals surface area contributed by atoms with E-state index in [2.05, 4.69) is 140 Å². The van der Waals surface area contributed by atoms with Gasteiger partial charge in [0.05, 0.1) is 5.41 Å². The van der Waals surface area contributed by atoms with Crippen LogP contribution in [0, 0.1) is 0 Å². The molecule has 0 saturated carbocycles. The number of hydrogen-bond donors (Lipinski definition) is 0. The fraction of sp³-hybridized carbons (Fsp3) is 0.0192. The molecule has 0 saturated heterocycles. The van der Waals surface area contributed by atoms with Gasteiger partial charge in [0.15, 0.2) is 17.5 Å². The summed E-state index contributed by atoms with van der Waals surface area (Å²) in [4.78, 5) is 14.8. The fourth-order valence-corrected chi connectivity index (χ4v) is 8.75. The molecule has 0 bridgehead atoms. The van der Waals surface area contributed by atoms with E-state index in [1.807, 2.05) is 60.7 Å². The molecule has 2 heterocycles. The van der Waals surface area contributed by atoms with Gasteiger partial charge in [-0.05, 0) is 62.7 Å². The maximum absolute atomic E-state index is 6.59. The molecule has 0 fully saturated rings. The lowest BCUT2D eigenvalue weighted by molar-refractivity contribution is 0.668. The summed E-state index contributed by atoms with van der Waals surface area (Å²) in [7, 11) is 0. The summed E-state index contributed by atoms with van der Waals surface area (Å²) < 4.78 is 6.59. The molecular weight excluding hydrogens is 683 g/mol. The number of furan rings is 1. The van der Waals surface area contributed by atoms with Crippen molar-refractivity contribution in [3.63, 3.8) is 0 Å². The minimum Gasteiger partial charge on any atom is -0.456 e. The molecule has 2 aromatic heterocycles. The van der Waals surface area contributed by atoms with Crippen LogP contribution in [0.5, 0.6) is 0 Å². The number of fused-ring (bicyclic) bond motifs is 6. The van der Waals surface area contributed by atoms with Crippen molar-refractivity contribution in [3.05, 3.63) is 222 Å². The first kappa shape index (κ1) is 32.0. The molecule has 0 N–H and O–H groups in total. The molecule has 11 rings (SSSR count). The smallest absolute Gasteiger partial charge is 0.164 e. The molecule has 0 amide bonds. The van der Waals surface area contributed by atoms with Crippen molar-refractivity contribution in [3.8, 4) is 56.4 Å². The third kappa shape index (κ3) is 4.96. The maximum Gasteiger partial charge on any atom is 0.164 e. The van der Waals surface area contributed by atoms with E-state index in [9.17, 15) is 0 Å². The van der Waals surface area contributed by atoms with Crippen LogP contribution in [0.1, 0.15) is 22.3 Å². The predicted molar refractivity (Wildman–Crippen MR) is 226 cm³/mol. The first-order valence-corrected chi connectivity index (χ1v) is 18.9. The van der Waals surface area contributed by atoms with Gasteiger partial charge in [-0.25, -0.2) is 15.0 Å². The molecule has 0 unspecified atom stereocenters. The average Bonchev–Trinajstić information content (AvgIpc) is 3.81. The van der Waals surface area contributed by atoms with Crippen LogP contribution in [0.15, 0.2) is 205 Å². The Labute approximate surface area is 324 Å². The third-order valence-corrected chi connectivity index (χ3v) is 11.2. The summed E-state index contributed by atoms with van der Waals surface area (Å²) in [5.41, 5.74) is 13.8. The standard InChI is InChI=1S/C52H33N3O/c1-4-15-35(16-5-1)49-53-50(36-17-6-2-7-18-36)55-51(54-49)37-29-27-34(28-30-37)40-23-14-26-47-48(40)43-33-39(31-32-46(43)56-47)52(38-19-8-3-9-20-38)44-24-12-10-21-41(44)42-22-11-13-25-45(42)52/h1-33H. The van der Waals surface area contributed by atoms with Gasteiger partial charge >= 0.3 is 0 Å². The second kappa shape index (κ2) is 12.9. The van der Waals surface area contributed by atoms with Gasteiger partial charge in [-0.3, -0.25) is 0 Å². The van der Waals surface area contributed by atoms with Crippen LogP contribution < -0.4 is 0 Å². The van der Waals surface area contributed by atoms with Gasteiger partial charge in [-0.15, -0.1) is 0 Å². The lowest BCUT2D eigenvalue weighted by Gasteiger charge is -2.33. The van der Waals surface area contributed by atoms with Gasteiger partial charge in [0, 0.05) is 27.5 Å². The first-order chi connectivity index (χ1) is 27.8. The van der Waals surface area contributed by atoms with Crippen molar-refractivity contribution in [1.29, 1.82) is 0 Å². The zero-order chi connectivity index (χ0) is 37.1. The summed E-state index contributed by atoms with van der Waals surface area (Å²) in [6.07, 6.45) is 0. The van der Waals surface area contributed by atoms with E-state index >= 15 is 0 Å². The molecule has 0 atom stereocenters. The Bertz CT molecular complexity index is 2960. The molecule has 56 heavy (non-hydrogen) atoms. The molecule has 0 radical (unpaired) electrons. The first-order valence-electron chi connectivity index (χ1n) is 18.9. The molecule has 8 aromatic carbocycles. The van der Waals surface area contributed by atoms with Crippen molar-refractivity contribution in [1.82, 2.24) is 15.0 Å². The highest BCUT2D eigenvalue weighted by atomic mass is 16.3. The largest absolute Gasteiger partial charge is 0.456 e. The van der Waals surface area contributed by atoms with E-state index in [1.54, 1.807) is 0 Å². The Kier molecular flexibility index (Phi) is 7.36. The topological polar surface area (TPSA) is 51.8 Å². The average molecular weight is 716 g/mol. The van der Waals surface area contributed by atoms with Gasteiger partial charge in [-0.2, -0.15) is 0 Å². The van der Waals surface area contributed by atoms with Crippen molar-refractivity contribution < 1.29 is 4.42 Å². The van der Waals surface area contributed by atoms with Crippen molar-refractivity contribution in [2.75, 3.05) is 0 Å². The van der Waals surface area contributed by atoms with Crippen LogP contribution in [-0.2, 0) is 5.41 Å². The molecule has 1 aliphatic rings. The van der Waals surface area contributed by atoms with Crippen LogP contribution in [0.2, 0.25) is 0 Å². The van der Waals surface area contributed by atoms with E-state index < -0.39 is 5.41 Å². The highest BCUT2D eigenvalue weighted by Crippen LogP contribution is 2.56. The Balaban J connectivity index is 1.07. The summed E-state index contributed by atoms with van der Waals surface area (Å²) in [5, 5.41) is 2.18. The summed E-state index contributed by atoms with van der Waals surface area (Å²) >= 11 is 0. The molecule has 1 aliphatic carbocycles. The normalized spacial score (nSPS) is 12.8. The molecule has 262 valence electrons. The minimum absolute atomic E-state index is 0.495. The minimum atomic E-state index is -0.495. The third-order valence-electron chi connectivity index (χ3n) is 11.2. The Hall–Kier alpha value is -7.43. The highest BCUT2D eigenvalue weighted by molar-refractivity contribution is 6.13. The molecule has 0 aliphatic heterocycles. The fourth-order valence-electron chi connectivity index (χ4n) is 8.75. The van der Waals surface area contributed by atoms with E-state index in [0.717, 1.165) is 49.8 Å². The molecule has 4 heteroatoms. The molecular formula is C52H33N3O. The van der Waals surface area contributed by atoms with Crippen LogP contribution in [0.3, 0.4) is 0 Å². The van der Waals surface area contributed by atoms with Gasteiger partial charge in [-0.1, -0.05) is 182 Å². The Morgan fingerprint density at radius 3 is 1.41 bits per heavy atom. The van der Waals surface area contributed by atoms with E-state index in [4.69, 9.17) is 19.4 Å². The van der Waals surface area contributed by atoms with E-state index in [1.165, 1.54) is 33.4 Å². The molecule has 0 spiro atoms. The quantitative estimate of drug-likeness (QED) is 0.172. The lowest BCUT2D eigenvalue weighted by atomic mass is 9.67. The van der Waals surface area contributed by atoms with E-state index in [0.29, 0.717) is 17.5 Å².